The summed E-state index contributed by atoms with van der Waals surface area (Å²) in [7, 11) is 1.28. The number of aliphatic carboxylic acids is 1. The van der Waals surface area contributed by atoms with Gasteiger partial charge in [-0.05, 0) is 11.8 Å². The molecule has 0 aliphatic carbocycles. The summed E-state index contributed by atoms with van der Waals surface area (Å²) in [6.45, 7) is 0. The quantitative estimate of drug-likeness (QED) is 0.177. The molecule has 1 unspecified atom stereocenters. The van der Waals surface area contributed by atoms with Crippen molar-refractivity contribution in [2.24, 2.45) is 5.16 Å². The molecule has 3 rings (SSSR count). The summed E-state index contributed by atoms with van der Waals surface area (Å²) in [6.07, 6.45) is 1.85. The molecule has 2 atom stereocenters. The van der Waals surface area contributed by atoms with Gasteiger partial charge in [-0.25, -0.2) is 4.98 Å². The van der Waals surface area contributed by atoms with Crippen LogP contribution in [0.25, 0.3) is 0 Å². The van der Waals surface area contributed by atoms with E-state index in [9.17, 15) is 19.5 Å². The second-order valence-electron chi connectivity index (χ2n) is 5.73. The van der Waals surface area contributed by atoms with E-state index in [2.05, 4.69) is 15.5 Å². The SMILES string of the molecule is CO/N=C(\C(=O)NC1C(=O)N2C(C(=O)[O-])=C(CSC)CS[C@H]12)c1csc(N)n1.[Na+]. The van der Waals surface area contributed by atoms with Crippen LogP contribution in [0, 0.1) is 0 Å². The number of oxime groups is 1. The van der Waals surface area contributed by atoms with Gasteiger partial charge in [0.25, 0.3) is 11.8 Å². The zero-order valence-electron chi connectivity index (χ0n) is 15.8. The fourth-order valence-electron chi connectivity index (χ4n) is 2.86. The van der Waals surface area contributed by atoms with E-state index in [0.29, 0.717) is 17.1 Å². The van der Waals surface area contributed by atoms with Gasteiger partial charge in [0, 0.05) is 16.9 Å². The number of nitrogen functional groups attached to an aromatic ring is 1. The Labute approximate surface area is 201 Å². The normalized spacial score (nSPS) is 21.1. The van der Waals surface area contributed by atoms with E-state index in [1.165, 1.54) is 35.5 Å². The molecule has 2 aliphatic rings. The number of carboxylic acid groups (broad SMARTS) is 1. The van der Waals surface area contributed by atoms with Crippen LogP contribution in [0.1, 0.15) is 5.69 Å². The minimum absolute atomic E-state index is 0. The average Bonchev–Trinajstić information content (AvgIpc) is 3.09. The predicted molar refractivity (Wildman–Crippen MR) is 106 cm³/mol. The summed E-state index contributed by atoms with van der Waals surface area (Å²) < 4.78 is 0. The summed E-state index contributed by atoms with van der Waals surface area (Å²) in [4.78, 5) is 46.6. The molecule has 2 aliphatic heterocycles. The monoisotopic (exact) mass is 465 g/mol. The number of nitrogens with one attached hydrogen (secondary N) is 1. The van der Waals surface area contributed by atoms with Crippen molar-refractivity contribution in [1.82, 2.24) is 15.2 Å². The number of fused-ring (bicyclic) bond motifs is 1. The molecule has 10 nitrogen and oxygen atoms in total. The summed E-state index contributed by atoms with van der Waals surface area (Å²) in [5.41, 5.74) is 6.21. The molecular formula is C15H16N5NaO5S3. The third kappa shape index (κ3) is 4.75. The minimum atomic E-state index is -1.40. The van der Waals surface area contributed by atoms with Gasteiger partial charge in [-0.1, -0.05) is 5.16 Å². The van der Waals surface area contributed by atoms with Crippen LogP contribution in [0.5, 0.6) is 0 Å². The summed E-state index contributed by atoms with van der Waals surface area (Å²) in [5.74, 6) is -1.66. The molecule has 2 amide bonds. The fraction of sp³-hybridized carbons (Fsp3) is 0.400. The smallest absolute Gasteiger partial charge is 0.543 e. The van der Waals surface area contributed by atoms with Gasteiger partial charge in [-0.3, -0.25) is 14.5 Å². The zero-order chi connectivity index (χ0) is 20.4. The van der Waals surface area contributed by atoms with E-state index in [1.807, 2.05) is 6.26 Å². The van der Waals surface area contributed by atoms with Crippen molar-refractivity contribution in [2.75, 3.05) is 30.6 Å². The summed E-state index contributed by atoms with van der Waals surface area (Å²) in [5, 5.41) is 19.1. The number of hydrogen-bond donors (Lipinski definition) is 2. The molecule has 150 valence electrons. The van der Waals surface area contributed by atoms with Crippen molar-refractivity contribution in [2.45, 2.75) is 11.4 Å². The third-order valence-electron chi connectivity index (χ3n) is 4.01. The Bertz CT molecular complexity index is 889. The third-order valence-corrected chi connectivity index (χ3v) is 6.66. The van der Waals surface area contributed by atoms with Gasteiger partial charge in [-0.15, -0.1) is 23.1 Å². The van der Waals surface area contributed by atoms with Crippen LogP contribution in [-0.4, -0.2) is 69.7 Å². The summed E-state index contributed by atoms with van der Waals surface area (Å²) in [6, 6.07) is -0.888. The maximum absolute atomic E-state index is 12.6. The number of nitrogens with zero attached hydrogens (tertiary/aromatic N) is 3. The maximum Gasteiger partial charge on any atom is 1.00 e. The largest absolute Gasteiger partial charge is 1.00 e. The van der Waals surface area contributed by atoms with Gasteiger partial charge < -0.3 is 25.8 Å². The van der Waals surface area contributed by atoms with Crippen molar-refractivity contribution >= 4 is 63.5 Å². The van der Waals surface area contributed by atoms with Crippen LogP contribution >= 0.6 is 34.9 Å². The molecule has 0 bridgehead atoms. The number of hydrogen-bond acceptors (Lipinski definition) is 11. The first-order valence-corrected chi connectivity index (χ1v) is 11.2. The molecule has 0 saturated carbocycles. The van der Waals surface area contributed by atoms with Gasteiger partial charge in [0.05, 0.1) is 11.7 Å². The number of anilines is 1. The van der Waals surface area contributed by atoms with E-state index in [-0.39, 0.29) is 51.8 Å². The molecule has 0 aromatic carbocycles. The molecule has 1 aromatic heterocycles. The first-order chi connectivity index (χ1) is 13.4. The van der Waals surface area contributed by atoms with Crippen molar-refractivity contribution in [3.8, 4) is 0 Å². The molecule has 0 radical (unpaired) electrons. The van der Waals surface area contributed by atoms with Crippen molar-refractivity contribution in [1.29, 1.82) is 0 Å². The second-order valence-corrected chi connectivity index (χ2v) is 8.59. The van der Waals surface area contributed by atoms with Crippen LogP contribution in [0.15, 0.2) is 21.8 Å². The molecule has 1 fully saturated rings. The molecule has 1 saturated heterocycles. The van der Waals surface area contributed by atoms with Crippen molar-refractivity contribution < 1.29 is 53.9 Å². The van der Waals surface area contributed by atoms with Crippen molar-refractivity contribution in [3.05, 3.63) is 22.3 Å². The van der Waals surface area contributed by atoms with Gasteiger partial charge >= 0.3 is 29.6 Å². The van der Waals surface area contributed by atoms with E-state index < -0.39 is 29.2 Å². The molecule has 3 heterocycles. The molecular weight excluding hydrogens is 449 g/mol. The molecule has 1 aromatic rings. The van der Waals surface area contributed by atoms with Gasteiger partial charge in [-0.2, -0.15) is 11.8 Å². The van der Waals surface area contributed by atoms with Crippen LogP contribution in [0.3, 0.4) is 0 Å². The number of carboxylic acids is 1. The number of carbonyl (C=O) groups excluding carboxylic acids is 3. The van der Waals surface area contributed by atoms with Crippen LogP contribution in [0.4, 0.5) is 5.13 Å². The Morgan fingerprint density at radius 3 is 2.83 bits per heavy atom. The fourth-order valence-corrected chi connectivity index (χ4v) is 5.47. The predicted octanol–water partition coefficient (Wildman–Crippen LogP) is -4.15. The molecule has 29 heavy (non-hydrogen) atoms. The van der Waals surface area contributed by atoms with E-state index in [0.717, 1.165) is 11.3 Å². The standard InChI is InChI=1S/C15H17N5O5S3.Na/c1-25-19-8(7-5-28-15(16)17-7)11(21)18-9-12(22)20-10(14(23)24)6(3-26-2)4-27-13(9)20;/h5,9,13H,3-4H2,1-2H3,(H2,16,17)(H,18,21)(H,23,24);/q;+1/p-1/b19-8-;/t9?,13-;/m1./s1. The first-order valence-electron chi connectivity index (χ1n) is 7.89. The van der Waals surface area contributed by atoms with E-state index in [4.69, 9.17) is 10.6 Å². The van der Waals surface area contributed by atoms with Crippen LogP contribution < -0.4 is 45.7 Å². The number of thiazole rings is 1. The maximum atomic E-state index is 12.6. The van der Waals surface area contributed by atoms with Crippen molar-refractivity contribution in [3.63, 3.8) is 0 Å². The van der Waals surface area contributed by atoms with E-state index in [1.54, 1.807) is 5.38 Å². The Balaban J connectivity index is 0.00000300. The number of carbonyl (C=O) groups is 3. The Hall–Kier alpha value is -1.25. The van der Waals surface area contributed by atoms with Crippen LogP contribution in [0.2, 0.25) is 0 Å². The average molecular weight is 466 g/mol. The molecule has 0 spiro atoms. The van der Waals surface area contributed by atoms with E-state index >= 15 is 0 Å². The topological polar surface area (TPSA) is 150 Å². The number of thioether (sulfide) groups is 2. The van der Waals surface area contributed by atoms with Gasteiger partial charge in [0.1, 0.15) is 24.2 Å². The second kappa shape index (κ2) is 10.2. The Morgan fingerprint density at radius 2 is 2.28 bits per heavy atom. The minimum Gasteiger partial charge on any atom is -0.543 e. The number of β-lactam (4-membered cyclic amide) rings is 1. The van der Waals surface area contributed by atoms with Gasteiger partial charge in [0.2, 0.25) is 0 Å². The number of nitrogens with two attached hydrogens (primary N) is 1. The van der Waals surface area contributed by atoms with Gasteiger partial charge in [0.15, 0.2) is 10.8 Å². The summed E-state index contributed by atoms with van der Waals surface area (Å²) >= 11 is 3.98. The zero-order valence-corrected chi connectivity index (χ0v) is 20.3. The Morgan fingerprint density at radius 1 is 1.55 bits per heavy atom. The Kier molecular flexibility index (Phi) is 8.43. The number of amides is 2. The number of rotatable bonds is 7. The molecule has 3 N–H and O–H groups in total. The number of aromatic nitrogens is 1. The first kappa shape index (κ1) is 24.0. The molecule has 14 heteroatoms. The van der Waals surface area contributed by atoms with Crippen LogP contribution in [-0.2, 0) is 19.2 Å².